The van der Waals surface area contributed by atoms with Crippen molar-refractivity contribution < 1.29 is 14.6 Å². The lowest BCUT2D eigenvalue weighted by Gasteiger charge is -2.36. The fraction of sp³-hybridized carbons (Fsp3) is 0.348. The molecule has 1 aromatic heterocycles. The molecule has 5 heteroatoms. The van der Waals surface area contributed by atoms with E-state index in [9.17, 15) is 9.90 Å². The smallest absolute Gasteiger partial charge is 0.306 e. The Labute approximate surface area is 169 Å². The highest BCUT2D eigenvalue weighted by Crippen LogP contribution is 2.44. The average molecular weight is 396 g/mol. The Balaban J connectivity index is 1.91. The third kappa shape index (κ3) is 3.23. The molecule has 4 nitrogen and oxygen atoms in total. The fourth-order valence-corrected chi connectivity index (χ4v) is 4.87. The van der Waals surface area contributed by atoms with Crippen molar-refractivity contribution in [2.45, 2.75) is 43.1 Å². The monoisotopic (exact) mass is 395 g/mol. The summed E-state index contributed by atoms with van der Waals surface area (Å²) in [6, 6.07) is 14.9. The van der Waals surface area contributed by atoms with Crippen molar-refractivity contribution >= 4 is 28.6 Å². The summed E-state index contributed by atoms with van der Waals surface area (Å²) < 4.78 is 6.13. The number of aliphatic carboxylic acids is 1. The number of H-pyrrole nitrogens is 1. The molecule has 2 aromatic carbocycles. The third-order valence-electron chi connectivity index (χ3n) is 5.61. The van der Waals surface area contributed by atoms with Crippen molar-refractivity contribution in [2.75, 3.05) is 12.9 Å². The van der Waals surface area contributed by atoms with E-state index in [1.807, 2.05) is 0 Å². The summed E-state index contributed by atoms with van der Waals surface area (Å²) in [6.07, 6.45) is 4.41. The Hall–Kier alpha value is -2.24. The first-order valence-electron chi connectivity index (χ1n) is 9.72. The Kier molecular flexibility index (Phi) is 5.21. The van der Waals surface area contributed by atoms with Crippen LogP contribution in [0.4, 0.5) is 0 Å². The van der Waals surface area contributed by atoms with Gasteiger partial charge in [-0.3, -0.25) is 4.79 Å². The predicted molar refractivity (Wildman–Crippen MR) is 114 cm³/mol. The summed E-state index contributed by atoms with van der Waals surface area (Å²) >= 11 is 1.73. The molecule has 1 unspecified atom stereocenters. The molecule has 2 heterocycles. The van der Waals surface area contributed by atoms with Crippen LogP contribution in [-0.2, 0) is 21.6 Å². The van der Waals surface area contributed by atoms with E-state index in [-0.39, 0.29) is 6.42 Å². The Bertz CT molecular complexity index is 1010. The van der Waals surface area contributed by atoms with Crippen LogP contribution >= 0.6 is 11.8 Å². The maximum Gasteiger partial charge on any atom is 0.306 e. The van der Waals surface area contributed by atoms with Gasteiger partial charge in [-0.15, -0.1) is 11.8 Å². The molecule has 0 amide bonds. The van der Waals surface area contributed by atoms with Crippen LogP contribution in [0.1, 0.15) is 37.4 Å². The number of nitrogens with one attached hydrogen (secondary N) is 1. The van der Waals surface area contributed by atoms with Gasteiger partial charge in [0.1, 0.15) is 5.60 Å². The molecule has 0 saturated carbocycles. The zero-order chi connectivity index (χ0) is 19.7. The number of carbonyl (C=O) groups is 1. The van der Waals surface area contributed by atoms with Crippen molar-refractivity contribution in [2.24, 2.45) is 0 Å². The second-order valence-corrected chi connectivity index (χ2v) is 8.23. The molecule has 0 saturated heterocycles. The van der Waals surface area contributed by atoms with Gasteiger partial charge >= 0.3 is 5.97 Å². The van der Waals surface area contributed by atoms with Gasteiger partial charge in [-0.25, -0.2) is 0 Å². The first kappa shape index (κ1) is 19.1. The number of aromatic amines is 1. The molecule has 0 spiro atoms. The van der Waals surface area contributed by atoms with Crippen molar-refractivity contribution in [3.8, 4) is 11.1 Å². The second-order valence-electron chi connectivity index (χ2n) is 7.35. The van der Waals surface area contributed by atoms with E-state index >= 15 is 0 Å². The van der Waals surface area contributed by atoms with Gasteiger partial charge in [0.2, 0.25) is 0 Å². The maximum absolute atomic E-state index is 11.6. The molecule has 0 aliphatic carbocycles. The van der Waals surface area contributed by atoms with Gasteiger partial charge in [-0.2, -0.15) is 0 Å². The zero-order valence-corrected chi connectivity index (χ0v) is 17.1. The number of thioether (sulfide) groups is 1. The fourth-order valence-electron chi connectivity index (χ4n) is 4.46. The molecule has 0 radical (unpaired) electrons. The van der Waals surface area contributed by atoms with Gasteiger partial charge < -0.3 is 14.8 Å². The molecule has 28 heavy (non-hydrogen) atoms. The molecule has 2 N–H and O–H groups in total. The number of carboxylic acid groups (broad SMARTS) is 1. The van der Waals surface area contributed by atoms with Gasteiger partial charge in [-0.1, -0.05) is 37.6 Å². The first-order chi connectivity index (χ1) is 13.6. The largest absolute Gasteiger partial charge is 0.481 e. The lowest BCUT2D eigenvalue weighted by atomic mass is 9.84. The number of fused-ring (bicyclic) bond motifs is 3. The number of benzene rings is 2. The maximum atomic E-state index is 11.6. The van der Waals surface area contributed by atoms with E-state index in [4.69, 9.17) is 4.74 Å². The molecule has 1 aliphatic rings. The average Bonchev–Trinajstić information content (AvgIpc) is 3.08. The van der Waals surface area contributed by atoms with Gasteiger partial charge in [0, 0.05) is 15.8 Å². The third-order valence-corrected chi connectivity index (χ3v) is 6.35. The highest BCUT2D eigenvalue weighted by molar-refractivity contribution is 7.98. The van der Waals surface area contributed by atoms with Gasteiger partial charge in [0.05, 0.1) is 18.7 Å². The summed E-state index contributed by atoms with van der Waals surface area (Å²) in [4.78, 5) is 16.4. The van der Waals surface area contributed by atoms with E-state index < -0.39 is 11.6 Å². The van der Waals surface area contributed by atoms with Crippen LogP contribution in [0.25, 0.3) is 22.0 Å². The van der Waals surface area contributed by atoms with Crippen LogP contribution in [0.15, 0.2) is 47.4 Å². The van der Waals surface area contributed by atoms with Crippen LogP contribution in [-0.4, -0.2) is 28.9 Å². The van der Waals surface area contributed by atoms with Crippen molar-refractivity contribution in [3.63, 3.8) is 0 Å². The van der Waals surface area contributed by atoms with Gasteiger partial charge in [0.25, 0.3) is 0 Å². The molecule has 1 atom stereocenters. The molecule has 0 bridgehead atoms. The van der Waals surface area contributed by atoms with Crippen LogP contribution in [0.3, 0.4) is 0 Å². The van der Waals surface area contributed by atoms with E-state index in [2.05, 4.69) is 60.6 Å². The van der Waals surface area contributed by atoms with Gasteiger partial charge in [-0.05, 0) is 54.0 Å². The van der Waals surface area contributed by atoms with Crippen LogP contribution in [0.5, 0.6) is 0 Å². The van der Waals surface area contributed by atoms with Crippen molar-refractivity contribution in [3.05, 3.63) is 53.7 Å². The number of hydrogen-bond acceptors (Lipinski definition) is 3. The highest BCUT2D eigenvalue weighted by Gasteiger charge is 2.41. The summed E-state index contributed by atoms with van der Waals surface area (Å²) in [5.41, 5.74) is 4.80. The Morgan fingerprint density at radius 1 is 1.25 bits per heavy atom. The molecule has 3 aromatic rings. The number of rotatable bonds is 6. The van der Waals surface area contributed by atoms with Crippen molar-refractivity contribution in [1.29, 1.82) is 0 Å². The topological polar surface area (TPSA) is 62.3 Å². The van der Waals surface area contributed by atoms with E-state index in [0.717, 1.165) is 24.1 Å². The van der Waals surface area contributed by atoms with Crippen molar-refractivity contribution in [1.82, 2.24) is 4.98 Å². The predicted octanol–water partition coefficient (Wildman–Crippen LogP) is 5.60. The number of ether oxygens (including phenoxy) is 1. The Morgan fingerprint density at radius 3 is 2.71 bits per heavy atom. The molecular formula is C23H25NO3S. The SMILES string of the molecule is CCCC1(CC(=O)O)OCCc2c1[nH]c1cccc(-c3ccc(SC)cc3)c21. The Morgan fingerprint density at radius 2 is 2.04 bits per heavy atom. The number of hydrogen-bond donors (Lipinski definition) is 2. The zero-order valence-electron chi connectivity index (χ0n) is 16.2. The highest BCUT2D eigenvalue weighted by atomic mass is 32.2. The summed E-state index contributed by atoms with van der Waals surface area (Å²) in [6.45, 7) is 2.62. The van der Waals surface area contributed by atoms with E-state index in [1.165, 1.54) is 27.0 Å². The molecule has 146 valence electrons. The first-order valence-corrected chi connectivity index (χ1v) is 10.9. The quantitative estimate of drug-likeness (QED) is 0.533. The van der Waals surface area contributed by atoms with Crippen LogP contribution in [0, 0.1) is 0 Å². The molecule has 4 rings (SSSR count). The standard InChI is InChI=1S/C23H25NO3S/c1-3-12-23(14-20(25)26)22-18(11-13-27-23)21-17(5-4-6-19(21)24-22)15-7-9-16(28-2)10-8-15/h4-10,24H,3,11-14H2,1-2H3,(H,25,26). The number of carboxylic acids is 1. The minimum atomic E-state index is -0.826. The second kappa shape index (κ2) is 7.64. The summed E-state index contributed by atoms with van der Waals surface area (Å²) in [5, 5.41) is 10.7. The van der Waals surface area contributed by atoms with E-state index in [1.54, 1.807) is 11.8 Å². The lowest BCUT2D eigenvalue weighted by molar-refractivity contribution is -0.149. The van der Waals surface area contributed by atoms with Gasteiger partial charge in [0.15, 0.2) is 0 Å². The summed E-state index contributed by atoms with van der Waals surface area (Å²) in [7, 11) is 0. The number of aromatic nitrogens is 1. The van der Waals surface area contributed by atoms with Crippen LogP contribution < -0.4 is 0 Å². The summed E-state index contributed by atoms with van der Waals surface area (Å²) in [5.74, 6) is -0.826. The van der Waals surface area contributed by atoms with Crippen LogP contribution in [0.2, 0.25) is 0 Å². The molecule has 0 fully saturated rings. The van der Waals surface area contributed by atoms with E-state index in [0.29, 0.717) is 13.0 Å². The lowest BCUT2D eigenvalue weighted by Crippen LogP contribution is -2.37. The minimum Gasteiger partial charge on any atom is -0.481 e. The molecular weight excluding hydrogens is 370 g/mol. The minimum absolute atomic E-state index is 0.0155. The normalized spacial score (nSPS) is 18.9. The molecule has 1 aliphatic heterocycles.